The van der Waals surface area contributed by atoms with Gasteiger partial charge in [-0.15, -0.1) is 6.58 Å². The third-order valence-electron chi connectivity index (χ3n) is 4.18. The summed E-state index contributed by atoms with van der Waals surface area (Å²) in [5.74, 6) is 2.91. The van der Waals surface area contributed by atoms with Crippen LogP contribution in [0.25, 0.3) is 0 Å². The second-order valence-electron chi connectivity index (χ2n) is 5.21. The van der Waals surface area contributed by atoms with E-state index in [1.54, 1.807) is 0 Å². The molecular weight excluding hydrogens is 186 g/mol. The third kappa shape index (κ3) is 2.61. The highest BCUT2D eigenvalue weighted by molar-refractivity contribution is 4.91. The molecule has 2 aliphatic carbocycles. The summed E-state index contributed by atoms with van der Waals surface area (Å²) in [5.41, 5.74) is 0. The lowest BCUT2D eigenvalue weighted by Crippen LogP contribution is -2.34. The minimum absolute atomic E-state index is 0.272. The van der Waals surface area contributed by atoms with Gasteiger partial charge in [0.05, 0.1) is 6.61 Å². The maximum atomic E-state index is 8.99. The Morgan fingerprint density at radius 2 is 2.20 bits per heavy atom. The zero-order valence-electron chi connectivity index (χ0n) is 9.57. The largest absolute Gasteiger partial charge is 0.395 e. The van der Waals surface area contributed by atoms with E-state index in [1.165, 1.54) is 32.2 Å². The molecule has 2 nitrogen and oxygen atoms in total. The predicted octanol–water partition coefficient (Wildman–Crippen LogP) is 1.90. The summed E-state index contributed by atoms with van der Waals surface area (Å²) in [4.78, 5) is 2.35. The molecule has 0 heterocycles. The molecule has 2 aliphatic rings. The lowest BCUT2D eigenvalue weighted by molar-refractivity contribution is 0.165. The van der Waals surface area contributed by atoms with Gasteiger partial charge in [-0.2, -0.15) is 0 Å². The molecule has 2 rings (SSSR count). The van der Waals surface area contributed by atoms with Gasteiger partial charge in [-0.3, -0.25) is 4.90 Å². The summed E-state index contributed by atoms with van der Waals surface area (Å²) in [7, 11) is 0. The average Bonchev–Trinajstić information content (AvgIpc) is 2.80. The van der Waals surface area contributed by atoms with Crippen LogP contribution in [0.2, 0.25) is 0 Å². The molecule has 86 valence electrons. The molecule has 3 atom stereocenters. The van der Waals surface area contributed by atoms with Crippen LogP contribution in [0, 0.1) is 17.8 Å². The molecule has 2 saturated carbocycles. The maximum absolute atomic E-state index is 8.99. The molecule has 0 aromatic rings. The summed E-state index contributed by atoms with van der Waals surface area (Å²) in [6.07, 6.45) is 7.79. The normalized spacial score (nSPS) is 33.9. The molecule has 2 heteroatoms. The summed E-state index contributed by atoms with van der Waals surface area (Å²) in [5, 5.41) is 8.99. The molecule has 0 spiro atoms. The van der Waals surface area contributed by atoms with Crippen molar-refractivity contribution >= 4 is 0 Å². The summed E-state index contributed by atoms with van der Waals surface area (Å²) < 4.78 is 0. The van der Waals surface area contributed by atoms with Crippen LogP contribution in [0.1, 0.15) is 25.7 Å². The molecule has 0 amide bonds. The highest BCUT2D eigenvalue weighted by Crippen LogP contribution is 2.48. The topological polar surface area (TPSA) is 23.5 Å². The molecule has 15 heavy (non-hydrogen) atoms. The van der Waals surface area contributed by atoms with Gasteiger partial charge < -0.3 is 5.11 Å². The Hall–Kier alpha value is -0.340. The standard InChI is InChI=1S/C13H23NO/c1-2-5-14(6-7-15)10-13-9-11-3-4-12(13)8-11/h2,11-13,15H,1,3-10H2. The van der Waals surface area contributed by atoms with E-state index in [0.717, 1.165) is 30.8 Å². The monoisotopic (exact) mass is 209 g/mol. The highest BCUT2D eigenvalue weighted by Gasteiger charge is 2.39. The fraction of sp³-hybridized carbons (Fsp3) is 0.846. The first kappa shape index (κ1) is 11.2. The molecule has 0 aliphatic heterocycles. The molecule has 2 fully saturated rings. The molecule has 3 unspecified atom stereocenters. The van der Waals surface area contributed by atoms with Crippen LogP contribution in [-0.4, -0.2) is 36.2 Å². The first-order valence-electron chi connectivity index (χ1n) is 6.27. The molecule has 2 bridgehead atoms. The van der Waals surface area contributed by atoms with E-state index in [4.69, 9.17) is 5.11 Å². The van der Waals surface area contributed by atoms with Crippen LogP contribution >= 0.6 is 0 Å². The van der Waals surface area contributed by atoms with E-state index >= 15 is 0 Å². The fourth-order valence-corrected chi connectivity index (χ4v) is 3.51. The van der Waals surface area contributed by atoms with E-state index in [9.17, 15) is 0 Å². The quantitative estimate of drug-likeness (QED) is 0.675. The van der Waals surface area contributed by atoms with Crippen molar-refractivity contribution in [3.8, 4) is 0 Å². The second-order valence-corrected chi connectivity index (χ2v) is 5.21. The Morgan fingerprint density at radius 3 is 2.73 bits per heavy atom. The number of aliphatic hydroxyl groups excluding tert-OH is 1. The Bertz CT molecular complexity index is 217. The van der Waals surface area contributed by atoms with E-state index in [1.807, 2.05) is 6.08 Å². The Morgan fingerprint density at radius 1 is 1.33 bits per heavy atom. The summed E-state index contributed by atoms with van der Waals surface area (Å²) in [6, 6.07) is 0. The van der Waals surface area contributed by atoms with Crippen LogP contribution in [0.4, 0.5) is 0 Å². The first-order valence-corrected chi connectivity index (χ1v) is 6.27. The summed E-state index contributed by atoms with van der Waals surface area (Å²) in [6.45, 7) is 6.96. The molecule has 0 aromatic carbocycles. The lowest BCUT2D eigenvalue weighted by Gasteiger charge is -2.28. The predicted molar refractivity (Wildman–Crippen MR) is 62.7 cm³/mol. The van der Waals surface area contributed by atoms with Crippen molar-refractivity contribution in [2.45, 2.75) is 25.7 Å². The molecule has 0 radical (unpaired) electrons. The van der Waals surface area contributed by atoms with Gasteiger partial charge in [0, 0.05) is 19.6 Å². The van der Waals surface area contributed by atoms with E-state index < -0.39 is 0 Å². The van der Waals surface area contributed by atoms with Gasteiger partial charge in [-0.25, -0.2) is 0 Å². The zero-order chi connectivity index (χ0) is 10.7. The number of rotatable bonds is 6. The van der Waals surface area contributed by atoms with E-state index in [0.29, 0.717) is 0 Å². The van der Waals surface area contributed by atoms with Gasteiger partial charge >= 0.3 is 0 Å². The van der Waals surface area contributed by atoms with Gasteiger partial charge in [0.2, 0.25) is 0 Å². The minimum atomic E-state index is 0.272. The van der Waals surface area contributed by atoms with Gasteiger partial charge in [0.15, 0.2) is 0 Å². The zero-order valence-corrected chi connectivity index (χ0v) is 9.57. The van der Waals surface area contributed by atoms with Gasteiger partial charge in [0.1, 0.15) is 0 Å². The van der Waals surface area contributed by atoms with Crippen LogP contribution in [0.3, 0.4) is 0 Å². The molecule has 1 N–H and O–H groups in total. The first-order chi connectivity index (χ1) is 7.33. The van der Waals surface area contributed by atoms with Crippen molar-refractivity contribution in [2.75, 3.05) is 26.2 Å². The number of hydrogen-bond donors (Lipinski definition) is 1. The minimum Gasteiger partial charge on any atom is -0.395 e. The van der Waals surface area contributed by atoms with Gasteiger partial charge in [-0.1, -0.05) is 12.5 Å². The van der Waals surface area contributed by atoms with Crippen molar-refractivity contribution in [1.29, 1.82) is 0 Å². The van der Waals surface area contributed by atoms with Crippen molar-refractivity contribution in [1.82, 2.24) is 4.90 Å². The molecule has 0 aromatic heterocycles. The number of nitrogens with zero attached hydrogens (tertiary/aromatic N) is 1. The van der Waals surface area contributed by atoms with Crippen molar-refractivity contribution < 1.29 is 5.11 Å². The second kappa shape index (κ2) is 5.13. The van der Waals surface area contributed by atoms with Crippen LogP contribution in [0.15, 0.2) is 12.7 Å². The van der Waals surface area contributed by atoms with Crippen molar-refractivity contribution in [3.05, 3.63) is 12.7 Å². The number of hydrogen-bond acceptors (Lipinski definition) is 2. The van der Waals surface area contributed by atoms with Gasteiger partial charge in [-0.05, 0) is 37.0 Å². The smallest absolute Gasteiger partial charge is 0.0558 e. The summed E-state index contributed by atoms with van der Waals surface area (Å²) >= 11 is 0. The van der Waals surface area contributed by atoms with Crippen LogP contribution < -0.4 is 0 Å². The number of fused-ring (bicyclic) bond motifs is 2. The van der Waals surface area contributed by atoms with Crippen molar-refractivity contribution in [2.24, 2.45) is 17.8 Å². The Labute approximate surface area is 93.0 Å². The SMILES string of the molecule is C=CCN(CCO)CC1CC2CCC1C2. The van der Waals surface area contributed by atoms with Crippen molar-refractivity contribution in [3.63, 3.8) is 0 Å². The van der Waals surface area contributed by atoms with Gasteiger partial charge in [0.25, 0.3) is 0 Å². The highest BCUT2D eigenvalue weighted by atomic mass is 16.3. The fourth-order valence-electron chi connectivity index (χ4n) is 3.51. The van der Waals surface area contributed by atoms with E-state index in [2.05, 4.69) is 11.5 Å². The number of aliphatic hydroxyl groups is 1. The molecule has 0 saturated heterocycles. The molecular formula is C13H23NO. The Balaban J connectivity index is 1.81. The lowest BCUT2D eigenvalue weighted by atomic mass is 9.88. The van der Waals surface area contributed by atoms with E-state index in [-0.39, 0.29) is 6.61 Å². The third-order valence-corrected chi connectivity index (χ3v) is 4.18. The Kier molecular flexibility index (Phi) is 3.81. The average molecular weight is 209 g/mol. The van der Waals surface area contributed by atoms with Crippen LogP contribution in [0.5, 0.6) is 0 Å². The van der Waals surface area contributed by atoms with Crippen LogP contribution in [-0.2, 0) is 0 Å². The maximum Gasteiger partial charge on any atom is 0.0558 e.